The van der Waals surface area contributed by atoms with E-state index in [0.717, 1.165) is 45.2 Å². The molecule has 3 heteroatoms. The Morgan fingerprint density at radius 2 is 1.61 bits per heavy atom. The average molecular weight is 416 g/mol. The molecular formula is C28H33NO2. The molecule has 0 spiro atoms. The summed E-state index contributed by atoms with van der Waals surface area (Å²) >= 11 is 0. The molecule has 1 saturated heterocycles. The van der Waals surface area contributed by atoms with Gasteiger partial charge in [0.25, 0.3) is 0 Å². The number of nitrogens with zero attached hydrogens (tertiary/aromatic N) is 1. The number of benzene rings is 2. The fraction of sp³-hybridized carbons (Fsp3) is 0.536. The zero-order valence-corrected chi connectivity index (χ0v) is 18.2. The Bertz CT molecular complexity index is 932. The molecule has 162 valence electrons. The third kappa shape index (κ3) is 3.00. The fourth-order valence-corrected chi connectivity index (χ4v) is 8.00. The number of amides is 1. The van der Waals surface area contributed by atoms with Crippen molar-refractivity contribution in [3.63, 3.8) is 0 Å². The Labute approximate surface area is 185 Å². The highest BCUT2D eigenvalue weighted by atomic mass is 16.3. The first-order valence-corrected chi connectivity index (χ1v) is 12.2. The van der Waals surface area contributed by atoms with Crippen molar-refractivity contribution in [2.45, 2.75) is 56.0 Å². The van der Waals surface area contributed by atoms with E-state index in [1.54, 1.807) is 0 Å². The summed E-state index contributed by atoms with van der Waals surface area (Å²) < 4.78 is 0. The van der Waals surface area contributed by atoms with E-state index in [0.29, 0.717) is 41.9 Å². The van der Waals surface area contributed by atoms with Gasteiger partial charge in [0, 0.05) is 24.9 Å². The monoisotopic (exact) mass is 415 g/mol. The van der Waals surface area contributed by atoms with E-state index in [4.69, 9.17) is 0 Å². The van der Waals surface area contributed by atoms with Crippen LogP contribution in [-0.2, 0) is 10.2 Å². The van der Waals surface area contributed by atoms with Gasteiger partial charge in [-0.1, -0.05) is 60.7 Å². The van der Waals surface area contributed by atoms with Crippen molar-refractivity contribution in [2.75, 3.05) is 13.1 Å². The molecule has 3 nitrogen and oxygen atoms in total. The summed E-state index contributed by atoms with van der Waals surface area (Å²) in [5.74, 6) is 2.75. The predicted molar refractivity (Wildman–Crippen MR) is 122 cm³/mol. The van der Waals surface area contributed by atoms with Crippen LogP contribution in [0.25, 0.3) is 0 Å². The van der Waals surface area contributed by atoms with Crippen LogP contribution in [0.15, 0.2) is 60.7 Å². The van der Waals surface area contributed by atoms with Crippen molar-refractivity contribution < 1.29 is 9.90 Å². The smallest absolute Gasteiger partial charge is 0.223 e. The maximum atomic E-state index is 13.7. The summed E-state index contributed by atoms with van der Waals surface area (Å²) in [6.07, 6.45) is 5.88. The Morgan fingerprint density at radius 1 is 0.935 bits per heavy atom. The van der Waals surface area contributed by atoms with E-state index in [1.165, 1.54) is 11.1 Å². The number of hydrogen-bond acceptors (Lipinski definition) is 2. The molecule has 0 aromatic heterocycles. The molecular weight excluding hydrogens is 382 g/mol. The van der Waals surface area contributed by atoms with Gasteiger partial charge in [0.05, 0.1) is 6.10 Å². The highest BCUT2D eigenvalue weighted by molar-refractivity contribution is 5.78. The zero-order chi connectivity index (χ0) is 21.0. The summed E-state index contributed by atoms with van der Waals surface area (Å²) in [6, 6.07) is 21.6. The highest BCUT2D eigenvalue weighted by Crippen LogP contribution is 2.68. The highest BCUT2D eigenvalue weighted by Gasteiger charge is 2.66. The second-order valence-electron chi connectivity index (χ2n) is 10.6. The Hall–Kier alpha value is -2.13. The second-order valence-corrected chi connectivity index (χ2v) is 10.6. The van der Waals surface area contributed by atoms with Gasteiger partial charge >= 0.3 is 0 Å². The lowest BCUT2D eigenvalue weighted by Crippen LogP contribution is -2.47. The molecule has 1 aliphatic heterocycles. The van der Waals surface area contributed by atoms with Gasteiger partial charge in [0.2, 0.25) is 5.91 Å². The number of likely N-dealkylation sites (tertiary alicyclic amines) is 1. The van der Waals surface area contributed by atoms with Gasteiger partial charge in [-0.15, -0.1) is 0 Å². The minimum atomic E-state index is -0.149. The Kier molecular flexibility index (Phi) is 4.72. The minimum absolute atomic E-state index is 0.0761. The third-order valence-corrected chi connectivity index (χ3v) is 9.40. The van der Waals surface area contributed by atoms with Gasteiger partial charge in [-0.25, -0.2) is 0 Å². The van der Waals surface area contributed by atoms with Crippen molar-refractivity contribution in [3.05, 3.63) is 71.8 Å². The molecule has 31 heavy (non-hydrogen) atoms. The standard InChI is InChI=1S/C28H33NO2/c30-26(29-13-11-20(12-14-29)19-7-3-1-4-8-19)18-28(22-9-5-2-6-10-22)23-15-21-16-25(28)24(17-23)27(21)31/h1-10,20-21,23-25,27,31H,11-18H2. The maximum absolute atomic E-state index is 13.7. The lowest BCUT2D eigenvalue weighted by atomic mass is 9.59. The average Bonchev–Trinajstić information content (AvgIpc) is 3.16. The van der Waals surface area contributed by atoms with Crippen molar-refractivity contribution in [2.24, 2.45) is 23.7 Å². The van der Waals surface area contributed by atoms with E-state index in [2.05, 4.69) is 65.6 Å². The van der Waals surface area contributed by atoms with Crippen LogP contribution in [0.4, 0.5) is 0 Å². The molecule has 2 aromatic carbocycles. The van der Waals surface area contributed by atoms with Crippen LogP contribution in [-0.4, -0.2) is 35.1 Å². The first-order chi connectivity index (χ1) is 15.2. The molecule has 4 bridgehead atoms. The SMILES string of the molecule is O=C(CC1(c2ccccc2)C2CC3CC1C(C2)C3O)N1CCC(c2ccccc2)CC1. The van der Waals surface area contributed by atoms with Gasteiger partial charge in [-0.2, -0.15) is 0 Å². The third-order valence-electron chi connectivity index (χ3n) is 9.40. The molecule has 0 radical (unpaired) electrons. The second kappa shape index (κ2) is 7.48. The Morgan fingerprint density at radius 3 is 2.32 bits per heavy atom. The normalized spacial score (nSPS) is 36.8. The summed E-state index contributed by atoms with van der Waals surface area (Å²) in [5, 5.41) is 10.8. The van der Waals surface area contributed by atoms with Crippen molar-refractivity contribution in [1.82, 2.24) is 4.90 Å². The molecule has 2 aromatic rings. The van der Waals surface area contributed by atoms with Gasteiger partial charge in [-0.3, -0.25) is 4.79 Å². The number of rotatable bonds is 4. The molecule has 1 amide bonds. The van der Waals surface area contributed by atoms with Gasteiger partial charge in [0.1, 0.15) is 0 Å². The zero-order valence-electron chi connectivity index (χ0n) is 18.2. The van der Waals surface area contributed by atoms with Crippen LogP contribution in [0.1, 0.15) is 55.6 Å². The van der Waals surface area contributed by atoms with E-state index in [1.807, 2.05) is 0 Å². The van der Waals surface area contributed by atoms with Gasteiger partial charge in [0.15, 0.2) is 0 Å². The van der Waals surface area contributed by atoms with E-state index < -0.39 is 0 Å². The number of carbonyl (C=O) groups excluding carboxylic acids is 1. The van der Waals surface area contributed by atoms with Crippen molar-refractivity contribution >= 4 is 5.91 Å². The lowest BCUT2D eigenvalue weighted by Gasteiger charge is -2.46. The van der Waals surface area contributed by atoms with Gasteiger partial charge in [-0.05, 0) is 72.8 Å². The quantitative estimate of drug-likeness (QED) is 0.782. The molecule has 7 rings (SSSR count). The fourth-order valence-electron chi connectivity index (χ4n) is 8.00. The number of carbonyl (C=O) groups is 1. The molecule has 6 unspecified atom stereocenters. The molecule has 5 fully saturated rings. The van der Waals surface area contributed by atoms with Crippen molar-refractivity contribution in [1.29, 1.82) is 0 Å². The van der Waals surface area contributed by atoms with Crippen LogP contribution in [0, 0.1) is 23.7 Å². The first kappa shape index (κ1) is 19.5. The molecule has 4 saturated carbocycles. The van der Waals surface area contributed by atoms with Crippen molar-refractivity contribution in [3.8, 4) is 0 Å². The largest absolute Gasteiger partial charge is 0.393 e. The topological polar surface area (TPSA) is 40.5 Å². The van der Waals surface area contributed by atoms with Crippen LogP contribution in [0.2, 0.25) is 0 Å². The number of hydrogen-bond donors (Lipinski definition) is 1. The van der Waals surface area contributed by atoms with E-state index in [-0.39, 0.29) is 11.5 Å². The molecule has 6 atom stereocenters. The first-order valence-electron chi connectivity index (χ1n) is 12.2. The summed E-state index contributed by atoms with van der Waals surface area (Å²) in [5.41, 5.74) is 2.68. The predicted octanol–water partition coefficient (Wildman–Crippen LogP) is 4.76. The molecule has 4 aliphatic carbocycles. The van der Waals surface area contributed by atoms with Crippen LogP contribution < -0.4 is 0 Å². The van der Waals surface area contributed by atoms with E-state index >= 15 is 0 Å². The number of piperidine rings is 1. The van der Waals surface area contributed by atoms with Crippen LogP contribution >= 0.6 is 0 Å². The van der Waals surface area contributed by atoms with Gasteiger partial charge < -0.3 is 10.0 Å². The molecule has 1 N–H and O–H groups in total. The lowest BCUT2D eigenvalue weighted by molar-refractivity contribution is -0.135. The maximum Gasteiger partial charge on any atom is 0.223 e. The summed E-state index contributed by atoms with van der Waals surface area (Å²) in [7, 11) is 0. The number of aliphatic hydroxyl groups excluding tert-OH is 1. The molecule has 5 aliphatic rings. The molecule has 1 heterocycles. The minimum Gasteiger partial charge on any atom is -0.393 e. The Balaban J connectivity index is 1.23. The summed E-state index contributed by atoms with van der Waals surface area (Å²) in [6.45, 7) is 1.74. The van der Waals surface area contributed by atoms with Crippen LogP contribution in [0.5, 0.6) is 0 Å². The number of aliphatic hydroxyl groups is 1. The van der Waals surface area contributed by atoms with E-state index in [9.17, 15) is 9.90 Å². The summed E-state index contributed by atoms with van der Waals surface area (Å²) in [4.78, 5) is 15.8. The van der Waals surface area contributed by atoms with Crippen LogP contribution in [0.3, 0.4) is 0 Å².